The summed E-state index contributed by atoms with van der Waals surface area (Å²) in [6, 6.07) is 15.5. The van der Waals surface area contributed by atoms with Gasteiger partial charge in [-0.2, -0.15) is 0 Å². The number of rotatable bonds is 7. The summed E-state index contributed by atoms with van der Waals surface area (Å²) in [6.07, 6.45) is 7.86. The number of hydrogen-bond acceptors (Lipinski definition) is 4. The van der Waals surface area contributed by atoms with E-state index in [9.17, 15) is 4.79 Å². The van der Waals surface area contributed by atoms with Gasteiger partial charge in [0, 0.05) is 57.2 Å². The van der Waals surface area contributed by atoms with Crippen LogP contribution in [0.5, 0.6) is 0 Å². The molecule has 0 unspecified atom stereocenters. The smallest absolute Gasteiger partial charge is 0.253 e. The number of aryl methyl sites for hydroxylation is 1. The number of anilines is 1. The summed E-state index contributed by atoms with van der Waals surface area (Å²) >= 11 is 0. The fraction of sp³-hybridized carbons (Fsp3) is 0.581. The Morgan fingerprint density at radius 3 is 2.50 bits per heavy atom. The van der Waals surface area contributed by atoms with Crippen molar-refractivity contribution in [1.29, 1.82) is 0 Å². The van der Waals surface area contributed by atoms with E-state index in [2.05, 4.69) is 47.5 Å². The van der Waals surface area contributed by atoms with Gasteiger partial charge in [-0.3, -0.25) is 4.79 Å². The predicted molar refractivity (Wildman–Crippen MR) is 147 cm³/mol. The molecule has 0 radical (unpaired) electrons. The van der Waals surface area contributed by atoms with Crippen molar-refractivity contribution in [2.75, 3.05) is 44.8 Å². The van der Waals surface area contributed by atoms with Gasteiger partial charge in [0.15, 0.2) is 0 Å². The number of nitrogens with zero attached hydrogens (tertiary/aromatic N) is 2. The summed E-state index contributed by atoms with van der Waals surface area (Å²) in [5, 5.41) is 3.65. The van der Waals surface area contributed by atoms with Crippen LogP contribution in [-0.2, 0) is 24.1 Å². The van der Waals surface area contributed by atoms with Crippen LogP contribution in [-0.4, -0.2) is 56.7 Å². The third kappa shape index (κ3) is 6.12. The van der Waals surface area contributed by atoms with E-state index in [4.69, 9.17) is 4.74 Å². The third-order valence-electron chi connectivity index (χ3n) is 8.71. The van der Waals surface area contributed by atoms with Crippen LogP contribution in [0.15, 0.2) is 42.5 Å². The number of carbonyl (C=O) groups excluding carboxylic acids is 1. The van der Waals surface area contributed by atoms with Crippen LogP contribution >= 0.6 is 0 Å². The SMILES string of the molecule is CC1CCN(c2ccc(C(=O)N(C)[C@H]3CCc4cc(CNCC5CCOCC5)ccc4C3)cc2)CC1. The lowest BCUT2D eigenvalue weighted by molar-refractivity contribution is 0.0662. The van der Waals surface area contributed by atoms with Gasteiger partial charge in [-0.05, 0) is 104 Å². The van der Waals surface area contributed by atoms with Crippen molar-refractivity contribution < 1.29 is 9.53 Å². The molecule has 2 aromatic rings. The van der Waals surface area contributed by atoms with Gasteiger partial charge in [-0.15, -0.1) is 0 Å². The minimum absolute atomic E-state index is 0.135. The van der Waals surface area contributed by atoms with Crippen molar-refractivity contribution >= 4 is 11.6 Å². The normalized spacial score (nSPS) is 21.3. The summed E-state index contributed by atoms with van der Waals surface area (Å²) in [5.74, 6) is 1.70. The highest BCUT2D eigenvalue weighted by molar-refractivity contribution is 5.94. The van der Waals surface area contributed by atoms with E-state index in [1.807, 2.05) is 24.1 Å². The molecule has 5 rings (SSSR count). The summed E-state index contributed by atoms with van der Waals surface area (Å²) < 4.78 is 5.47. The summed E-state index contributed by atoms with van der Waals surface area (Å²) in [7, 11) is 1.98. The van der Waals surface area contributed by atoms with Crippen LogP contribution in [0.3, 0.4) is 0 Å². The molecule has 0 bridgehead atoms. The molecule has 1 amide bonds. The van der Waals surface area contributed by atoms with Gasteiger partial charge in [0.05, 0.1) is 0 Å². The van der Waals surface area contributed by atoms with E-state index in [-0.39, 0.29) is 11.9 Å². The van der Waals surface area contributed by atoms with E-state index >= 15 is 0 Å². The lowest BCUT2D eigenvalue weighted by Gasteiger charge is -2.33. The Balaban J connectivity index is 1.14. The average molecular weight is 490 g/mol. The Labute approximate surface area is 217 Å². The molecule has 3 aliphatic rings. The number of benzene rings is 2. The summed E-state index contributed by atoms with van der Waals surface area (Å²) in [5.41, 5.74) is 6.26. The molecule has 2 heterocycles. The fourth-order valence-electron chi connectivity index (χ4n) is 6.05. The second-order valence-electron chi connectivity index (χ2n) is 11.3. The molecule has 1 aliphatic carbocycles. The molecular formula is C31H43N3O2. The molecule has 2 aromatic carbocycles. The molecule has 2 saturated heterocycles. The van der Waals surface area contributed by atoms with E-state index in [1.165, 1.54) is 48.1 Å². The topological polar surface area (TPSA) is 44.8 Å². The van der Waals surface area contributed by atoms with Crippen LogP contribution < -0.4 is 10.2 Å². The first kappa shape index (κ1) is 25.3. The monoisotopic (exact) mass is 489 g/mol. The lowest BCUT2D eigenvalue weighted by atomic mass is 9.86. The fourth-order valence-corrected chi connectivity index (χ4v) is 6.05. The highest BCUT2D eigenvalue weighted by atomic mass is 16.5. The zero-order valence-electron chi connectivity index (χ0n) is 22.2. The molecule has 5 nitrogen and oxygen atoms in total. The van der Waals surface area contributed by atoms with Gasteiger partial charge < -0.3 is 19.9 Å². The first-order valence-electron chi connectivity index (χ1n) is 14.1. The Hall–Kier alpha value is -2.37. The number of likely N-dealkylation sites (N-methyl/N-ethyl adjacent to an activating group) is 1. The maximum absolute atomic E-state index is 13.3. The second kappa shape index (κ2) is 11.8. The molecule has 2 fully saturated rings. The van der Waals surface area contributed by atoms with Gasteiger partial charge >= 0.3 is 0 Å². The first-order chi connectivity index (χ1) is 17.6. The highest BCUT2D eigenvalue weighted by Crippen LogP contribution is 2.27. The molecule has 2 aliphatic heterocycles. The van der Waals surface area contributed by atoms with Gasteiger partial charge in [-0.1, -0.05) is 25.1 Å². The van der Waals surface area contributed by atoms with Crippen LogP contribution in [0, 0.1) is 11.8 Å². The average Bonchev–Trinajstić information content (AvgIpc) is 2.93. The van der Waals surface area contributed by atoms with Gasteiger partial charge in [0.25, 0.3) is 5.91 Å². The van der Waals surface area contributed by atoms with E-state index < -0.39 is 0 Å². The minimum Gasteiger partial charge on any atom is -0.381 e. The predicted octanol–water partition coefficient (Wildman–Crippen LogP) is 5.07. The Kier molecular flexibility index (Phi) is 8.28. The maximum Gasteiger partial charge on any atom is 0.253 e. The third-order valence-corrected chi connectivity index (χ3v) is 8.71. The molecular weight excluding hydrogens is 446 g/mol. The van der Waals surface area contributed by atoms with Gasteiger partial charge in [0.1, 0.15) is 0 Å². The Morgan fingerprint density at radius 1 is 1.00 bits per heavy atom. The van der Waals surface area contributed by atoms with E-state index in [0.29, 0.717) is 0 Å². The molecule has 5 heteroatoms. The van der Waals surface area contributed by atoms with E-state index in [1.54, 1.807) is 0 Å². The Bertz CT molecular complexity index is 1010. The van der Waals surface area contributed by atoms with Crippen molar-refractivity contribution in [2.45, 2.75) is 64.5 Å². The number of ether oxygens (including phenoxy) is 1. The molecule has 0 saturated carbocycles. The second-order valence-corrected chi connectivity index (χ2v) is 11.3. The first-order valence-corrected chi connectivity index (χ1v) is 14.1. The molecule has 0 spiro atoms. The summed E-state index contributed by atoms with van der Waals surface area (Å²) in [4.78, 5) is 17.7. The van der Waals surface area contributed by atoms with Crippen LogP contribution in [0.2, 0.25) is 0 Å². The molecule has 194 valence electrons. The molecule has 1 N–H and O–H groups in total. The zero-order valence-corrected chi connectivity index (χ0v) is 22.2. The van der Waals surface area contributed by atoms with Crippen molar-refractivity contribution in [1.82, 2.24) is 10.2 Å². The largest absolute Gasteiger partial charge is 0.381 e. The van der Waals surface area contributed by atoms with Gasteiger partial charge in [-0.25, -0.2) is 0 Å². The zero-order chi connectivity index (χ0) is 24.9. The van der Waals surface area contributed by atoms with Crippen LogP contribution in [0.4, 0.5) is 5.69 Å². The number of fused-ring (bicyclic) bond motifs is 1. The number of amides is 1. The highest BCUT2D eigenvalue weighted by Gasteiger charge is 2.26. The van der Waals surface area contributed by atoms with Crippen molar-refractivity contribution in [3.63, 3.8) is 0 Å². The minimum atomic E-state index is 0.135. The quantitative estimate of drug-likeness (QED) is 0.590. The van der Waals surface area contributed by atoms with E-state index in [0.717, 1.165) is 76.1 Å². The number of piperidine rings is 1. The summed E-state index contributed by atoms with van der Waals surface area (Å²) in [6.45, 7) is 8.39. The lowest BCUT2D eigenvalue weighted by Crippen LogP contribution is -2.40. The number of nitrogens with one attached hydrogen (secondary N) is 1. The van der Waals surface area contributed by atoms with Crippen LogP contribution in [0.1, 0.15) is 66.1 Å². The number of hydrogen-bond donors (Lipinski definition) is 1. The Morgan fingerprint density at radius 2 is 1.75 bits per heavy atom. The standard InChI is InChI=1S/C31H43N3O2/c1-23-11-15-34(16-12-23)29-8-5-26(6-9-29)31(35)33(2)30-10-7-27-19-25(3-4-28(27)20-30)22-32-21-24-13-17-36-18-14-24/h3-6,8-9,19,23-24,30,32H,7,10-18,20-22H2,1-2H3/t30-/m0/s1. The maximum atomic E-state index is 13.3. The van der Waals surface area contributed by atoms with Crippen molar-refractivity contribution in [2.24, 2.45) is 11.8 Å². The number of carbonyl (C=O) groups is 1. The molecule has 1 atom stereocenters. The van der Waals surface area contributed by atoms with Crippen molar-refractivity contribution in [3.05, 3.63) is 64.7 Å². The molecule has 0 aromatic heterocycles. The molecule has 36 heavy (non-hydrogen) atoms. The van der Waals surface area contributed by atoms with Gasteiger partial charge in [0.2, 0.25) is 0 Å². The van der Waals surface area contributed by atoms with Crippen LogP contribution in [0.25, 0.3) is 0 Å². The van der Waals surface area contributed by atoms with Crippen molar-refractivity contribution in [3.8, 4) is 0 Å².